The molecule has 1 heterocycles. The molecule has 2 rings (SSSR count). The van der Waals surface area contributed by atoms with Gasteiger partial charge in [0.2, 0.25) is 0 Å². The minimum Gasteiger partial charge on any atom is -0.484 e. The van der Waals surface area contributed by atoms with Crippen molar-refractivity contribution in [2.45, 2.75) is 32.2 Å². The third kappa shape index (κ3) is 4.24. The first kappa shape index (κ1) is 13.9. The normalized spacial score (nSPS) is 15.9. The summed E-state index contributed by atoms with van der Waals surface area (Å²) in [6.07, 6.45) is 4.67. The van der Waals surface area contributed by atoms with Crippen LogP contribution in [0.3, 0.4) is 0 Å². The van der Waals surface area contributed by atoms with Gasteiger partial charge in [0.15, 0.2) is 6.61 Å². The van der Waals surface area contributed by atoms with Crippen molar-refractivity contribution in [1.82, 2.24) is 4.90 Å². The predicted molar refractivity (Wildman–Crippen MR) is 74.9 cm³/mol. The van der Waals surface area contributed by atoms with Crippen molar-refractivity contribution in [2.75, 3.05) is 19.7 Å². The van der Waals surface area contributed by atoms with Crippen LogP contribution in [0.25, 0.3) is 0 Å². The summed E-state index contributed by atoms with van der Waals surface area (Å²) in [5.41, 5.74) is 6.59. The van der Waals surface area contributed by atoms with Gasteiger partial charge in [-0.05, 0) is 30.5 Å². The molecule has 2 N–H and O–H groups in total. The van der Waals surface area contributed by atoms with Crippen molar-refractivity contribution >= 4 is 5.91 Å². The SMILES string of the molecule is NCc1ccc(OCC(=O)N2CCCCCC2)cc1. The van der Waals surface area contributed by atoms with Crippen molar-refractivity contribution in [2.24, 2.45) is 5.73 Å². The molecule has 104 valence electrons. The fourth-order valence-corrected chi connectivity index (χ4v) is 2.28. The first-order valence-electron chi connectivity index (χ1n) is 6.99. The Morgan fingerprint density at radius 2 is 1.74 bits per heavy atom. The summed E-state index contributed by atoms with van der Waals surface area (Å²) >= 11 is 0. The Labute approximate surface area is 114 Å². The zero-order valence-electron chi connectivity index (χ0n) is 11.3. The Balaban J connectivity index is 1.81. The molecule has 0 aliphatic carbocycles. The van der Waals surface area contributed by atoms with E-state index in [1.807, 2.05) is 29.2 Å². The Kier molecular flexibility index (Phi) is 5.21. The molecule has 1 aliphatic heterocycles. The van der Waals surface area contributed by atoms with E-state index in [-0.39, 0.29) is 12.5 Å². The molecule has 1 saturated heterocycles. The van der Waals surface area contributed by atoms with Crippen LogP contribution in [0.5, 0.6) is 5.75 Å². The molecule has 1 aliphatic rings. The van der Waals surface area contributed by atoms with Gasteiger partial charge in [-0.3, -0.25) is 4.79 Å². The van der Waals surface area contributed by atoms with Crippen LogP contribution in [0, 0.1) is 0 Å². The number of hydrogen-bond donors (Lipinski definition) is 1. The molecule has 1 aromatic carbocycles. The second kappa shape index (κ2) is 7.14. The first-order chi connectivity index (χ1) is 9.29. The fourth-order valence-electron chi connectivity index (χ4n) is 2.28. The topological polar surface area (TPSA) is 55.6 Å². The van der Waals surface area contributed by atoms with E-state index < -0.39 is 0 Å². The van der Waals surface area contributed by atoms with Crippen LogP contribution in [0.1, 0.15) is 31.2 Å². The second-order valence-corrected chi connectivity index (χ2v) is 4.93. The van der Waals surface area contributed by atoms with Gasteiger partial charge in [-0.2, -0.15) is 0 Å². The van der Waals surface area contributed by atoms with Gasteiger partial charge in [0, 0.05) is 19.6 Å². The molecule has 4 nitrogen and oxygen atoms in total. The Hall–Kier alpha value is -1.55. The number of amides is 1. The largest absolute Gasteiger partial charge is 0.484 e. The van der Waals surface area contributed by atoms with Gasteiger partial charge >= 0.3 is 0 Å². The Morgan fingerprint density at radius 1 is 1.11 bits per heavy atom. The molecule has 0 saturated carbocycles. The average Bonchev–Trinajstić information content (AvgIpc) is 2.74. The van der Waals surface area contributed by atoms with Crippen LogP contribution in [-0.2, 0) is 11.3 Å². The molecule has 1 fully saturated rings. The van der Waals surface area contributed by atoms with Crippen LogP contribution >= 0.6 is 0 Å². The molecule has 0 atom stereocenters. The molecule has 0 aromatic heterocycles. The monoisotopic (exact) mass is 262 g/mol. The van der Waals surface area contributed by atoms with Crippen LogP contribution in [0.15, 0.2) is 24.3 Å². The number of likely N-dealkylation sites (tertiary alicyclic amines) is 1. The highest BCUT2D eigenvalue weighted by atomic mass is 16.5. The van der Waals surface area contributed by atoms with Gasteiger partial charge in [0.05, 0.1) is 0 Å². The van der Waals surface area contributed by atoms with Gasteiger partial charge in [0.1, 0.15) is 5.75 Å². The molecule has 0 radical (unpaired) electrons. The first-order valence-corrected chi connectivity index (χ1v) is 6.99. The van der Waals surface area contributed by atoms with Gasteiger partial charge in [0.25, 0.3) is 5.91 Å². The summed E-state index contributed by atoms with van der Waals surface area (Å²) < 4.78 is 5.53. The highest BCUT2D eigenvalue weighted by Crippen LogP contribution is 2.13. The molecule has 4 heteroatoms. The van der Waals surface area contributed by atoms with Gasteiger partial charge in [-0.15, -0.1) is 0 Å². The van der Waals surface area contributed by atoms with Crippen LogP contribution < -0.4 is 10.5 Å². The predicted octanol–water partition coefficient (Wildman–Crippen LogP) is 1.93. The zero-order chi connectivity index (χ0) is 13.5. The van der Waals surface area contributed by atoms with Crippen LogP contribution in [0.4, 0.5) is 0 Å². The smallest absolute Gasteiger partial charge is 0.260 e. The average molecular weight is 262 g/mol. The number of ether oxygens (including phenoxy) is 1. The lowest BCUT2D eigenvalue weighted by molar-refractivity contribution is -0.133. The van der Waals surface area contributed by atoms with E-state index in [9.17, 15) is 4.79 Å². The maximum Gasteiger partial charge on any atom is 0.260 e. The van der Waals surface area contributed by atoms with Crippen molar-refractivity contribution < 1.29 is 9.53 Å². The molecule has 19 heavy (non-hydrogen) atoms. The summed E-state index contributed by atoms with van der Waals surface area (Å²) in [4.78, 5) is 13.9. The van der Waals surface area contributed by atoms with Crippen molar-refractivity contribution in [3.63, 3.8) is 0 Å². The van der Waals surface area contributed by atoms with E-state index >= 15 is 0 Å². The Bertz CT molecular complexity index is 395. The second-order valence-electron chi connectivity index (χ2n) is 4.93. The highest BCUT2D eigenvalue weighted by molar-refractivity contribution is 5.77. The number of rotatable bonds is 4. The zero-order valence-corrected chi connectivity index (χ0v) is 11.3. The quantitative estimate of drug-likeness (QED) is 0.902. The number of hydrogen-bond acceptors (Lipinski definition) is 3. The summed E-state index contributed by atoms with van der Waals surface area (Å²) in [5.74, 6) is 0.810. The Morgan fingerprint density at radius 3 is 2.32 bits per heavy atom. The number of nitrogens with zero attached hydrogens (tertiary/aromatic N) is 1. The van der Waals surface area contributed by atoms with Crippen LogP contribution in [0.2, 0.25) is 0 Å². The lowest BCUT2D eigenvalue weighted by atomic mass is 10.2. The van der Waals surface area contributed by atoms with E-state index in [1.165, 1.54) is 12.8 Å². The minimum atomic E-state index is 0.0878. The third-order valence-electron chi connectivity index (χ3n) is 3.48. The van der Waals surface area contributed by atoms with E-state index in [2.05, 4.69) is 0 Å². The third-order valence-corrected chi connectivity index (χ3v) is 3.48. The van der Waals surface area contributed by atoms with Crippen LogP contribution in [-0.4, -0.2) is 30.5 Å². The fraction of sp³-hybridized carbons (Fsp3) is 0.533. The maximum absolute atomic E-state index is 12.0. The molecule has 1 amide bonds. The lowest BCUT2D eigenvalue weighted by Gasteiger charge is -2.20. The van der Waals surface area contributed by atoms with E-state index in [1.54, 1.807) is 0 Å². The van der Waals surface area contributed by atoms with Gasteiger partial charge in [-0.1, -0.05) is 25.0 Å². The highest BCUT2D eigenvalue weighted by Gasteiger charge is 2.15. The number of nitrogens with two attached hydrogens (primary N) is 1. The molecular formula is C15H22N2O2. The van der Waals surface area contributed by atoms with Crippen molar-refractivity contribution in [1.29, 1.82) is 0 Å². The number of carbonyl (C=O) groups excluding carboxylic acids is 1. The summed E-state index contributed by atoms with van der Waals surface area (Å²) in [7, 11) is 0. The summed E-state index contributed by atoms with van der Waals surface area (Å²) in [6.45, 7) is 2.39. The van der Waals surface area contributed by atoms with Gasteiger partial charge in [-0.25, -0.2) is 0 Å². The summed E-state index contributed by atoms with van der Waals surface area (Å²) in [6, 6.07) is 7.56. The van der Waals surface area contributed by atoms with E-state index in [0.29, 0.717) is 6.54 Å². The van der Waals surface area contributed by atoms with Crippen molar-refractivity contribution in [3.05, 3.63) is 29.8 Å². The minimum absolute atomic E-state index is 0.0878. The van der Waals surface area contributed by atoms with E-state index in [4.69, 9.17) is 10.5 Å². The number of benzene rings is 1. The van der Waals surface area contributed by atoms with Crippen molar-refractivity contribution in [3.8, 4) is 5.75 Å². The molecule has 0 bridgehead atoms. The number of carbonyl (C=O) groups is 1. The maximum atomic E-state index is 12.0. The molecular weight excluding hydrogens is 240 g/mol. The standard InChI is InChI=1S/C15H22N2O2/c16-11-13-5-7-14(8-6-13)19-12-15(18)17-9-3-1-2-4-10-17/h5-8H,1-4,9-12,16H2. The lowest BCUT2D eigenvalue weighted by Crippen LogP contribution is -2.35. The van der Waals surface area contributed by atoms with E-state index in [0.717, 1.165) is 37.2 Å². The van der Waals surface area contributed by atoms with Gasteiger partial charge < -0.3 is 15.4 Å². The molecule has 1 aromatic rings. The molecule has 0 spiro atoms. The molecule has 0 unspecified atom stereocenters. The summed E-state index contributed by atoms with van der Waals surface area (Å²) in [5, 5.41) is 0.